The number of hydrogen-bond acceptors (Lipinski definition) is 3. The molecule has 0 spiro atoms. The van der Waals surface area contributed by atoms with E-state index in [1.165, 1.54) is 6.07 Å². The Bertz CT molecular complexity index is 432. The third-order valence-corrected chi connectivity index (χ3v) is 2.29. The molecular formula is C11H14F3N3O. The minimum Gasteiger partial charge on any atom is -0.397 e. The van der Waals surface area contributed by atoms with Crippen LogP contribution in [0.25, 0.3) is 0 Å². The van der Waals surface area contributed by atoms with Crippen LogP contribution in [0.4, 0.5) is 24.5 Å². The number of primary amides is 1. The van der Waals surface area contributed by atoms with Gasteiger partial charge in [0.25, 0.3) is 0 Å². The Morgan fingerprint density at radius 3 is 2.50 bits per heavy atom. The highest BCUT2D eigenvalue weighted by atomic mass is 19.4. The number of nitrogens with two attached hydrogens (primary N) is 2. The van der Waals surface area contributed by atoms with Crippen LogP contribution in [0.3, 0.4) is 0 Å². The molecule has 0 saturated heterocycles. The van der Waals surface area contributed by atoms with Gasteiger partial charge in [-0.25, -0.2) is 0 Å². The second kappa shape index (κ2) is 5.61. The van der Waals surface area contributed by atoms with E-state index in [0.29, 0.717) is 18.7 Å². The minimum absolute atomic E-state index is 0.0175. The van der Waals surface area contributed by atoms with E-state index in [0.717, 1.165) is 12.1 Å². The predicted molar refractivity (Wildman–Crippen MR) is 62.8 cm³/mol. The van der Waals surface area contributed by atoms with Gasteiger partial charge in [-0.05, 0) is 24.6 Å². The average molecular weight is 261 g/mol. The summed E-state index contributed by atoms with van der Waals surface area (Å²) < 4.78 is 37.1. The van der Waals surface area contributed by atoms with Gasteiger partial charge in [0.1, 0.15) is 0 Å². The van der Waals surface area contributed by atoms with Crippen LogP contribution < -0.4 is 16.8 Å². The van der Waals surface area contributed by atoms with E-state index in [9.17, 15) is 18.0 Å². The highest BCUT2D eigenvalue weighted by molar-refractivity contribution is 5.73. The molecule has 100 valence electrons. The Labute approximate surface area is 102 Å². The summed E-state index contributed by atoms with van der Waals surface area (Å²) in [5.41, 5.74) is 10.1. The molecule has 0 heterocycles. The van der Waals surface area contributed by atoms with E-state index in [2.05, 4.69) is 5.32 Å². The van der Waals surface area contributed by atoms with Crippen molar-refractivity contribution >= 4 is 17.3 Å². The lowest BCUT2D eigenvalue weighted by atomic mass is 10.1. The number of carbonyl (C=O) groups excluding carboxylic acids is 1. The van der Waals surface area contributed by atoms with Crippen molar-refractivity contribution in [1.29, 1.82) is 0 Å². The number of anilines is 2. The average Bonchev–Trinajstić information content (AvgIpc) is 2.24. The van der Waals surface area contributed by atoms with Crippen molar-refractivity contribution in [2.24, 2.45) is 5.73 Å². The Hall–Kier alpha value is -1.92. The smallest absolute Gasteiger partial charge is 0.397 e. The van der Waals surface area contributed by atoms with Gasteiger partial charge in [0.05, 0.1) is 16.9 Å². The second-order valence-corrected chi connectivity index (χ2v) is 3.80. The number of rotatable bonds is 5. The molecule has 18 heavy (non-hydrogen) atoms. The Morgan fingerprint density at radius 1 is 1.33 bits per heavy atom. The lowest BCUT2D eigenvalue weighted by Gasteiger charge is -2.12. The Kier molecular flexibility index (Phi) is 4.41. The van der Waals surface area contributed by atoms with Crippen LogP contribution in [0, 0.1) is 0 Å². The van der Waals surface area contributed by atoms with Crippen LogP contribution in [-0.2, 0) is 11.0 Å². The zero-order valence-electron chi connectivity index (χ0n) is 9.55. The van der Waals surface area contributed by atoms with Crippen molar-refractivity contribution in [2.75, 3.05) is 17.6 Å². The van der Waals surface area contributed by atoms with Crippen LogP contribution in [0.15, 0.2) is 18.2 Å². The number of halogens is 3. The van der Waals surface area contributed by atoms with Crippen LogP contribution in [0.2, 0.25) is 0 Å². The summed E-state index contributed by atoms with van der Waals surface area (Å²) in [4.78, 5) is 10.5. The molecule has 0 saturated carbocycles. The van der Waals surface area contributed by atoms with Crippen LogP contribution in [0.5, 0.6) is 0 Å². The van der Waals surface area contributed by atoms with E-state index in [-0.39, 0.29) is 12.1 Å². The number of nitrogen functional groups attached to an aromatic ring is 1. The minimum atomic E-state index is -4.40. The highest BCUT2D eigenvalue weighted by Crippen LogP contribution is 2.32. The molecule has 0 atom stereocenters. The highest BCUT2D eigenvalue weighted by Gasteiger charge is 2.30. The quantitative estimate of drug-likeness (QED) is 0.560. The molecule has 0 fully saturated rings. The lowest BCUT2D eigenvalue weighted by Crippen LogP contribution is -2.13. The molecule has 0 aromatic heterocycles. The number of alkyl halides is 3. The van der Waals surface area contributed by atoms with Gasteiger partial charge in [-0.3, -0.25) is 4.79 Å². The monoisotopic (exact) mass is 261 g/mol. The maximum absolute atomic E-state index is 12.4. The molecule has 0 aliphatic heterocycles. The van der Waals surface area contributed by atoms with Crippen molar-refractivity contribution in [3.63, 3.8) is 0 Å². The molecule has 0 bridgehead atoms. The van der Waals surface area contributed by atoms with Gasteiger partial charge in [0.15, 0.2) is 0 Å². The number of carbonyl (C=O) groups is 1. The normalized spacial score (nSPS) is 11.3. The van der Waals surface area contributed by atoms with Gasteiger partial charge < -0.3 is 16.8 Å². The van der Waals surface area contributed by atoms with Crippen LogP contribution in [-0.4, -0.2) is 12.5 Å². The summed E-state index contributed by atoms with van der Waals surface area (Å²) in [6, 6.07) is 3.09. The maximum atomic E-state index is 12.4. The van der Waals surface area contributed by atoms with E-state index >= 15 is 0 Å². The number of hydrogen-bond donors (Lipinski definition) is 3. The standard InChI is InChI=1S/C11H14F3N3O/c12-11(13,14)7-3-4-9(8(15)6-7)17-5-1-2-10(16)18/h3-4,6,17H,1-2,5,15H2,(H2,16,18). The van der Waals surface area contributed by atoms with E-state index in [4.69, 9.17) is 11.5 Å². The molecule has 0 aliphatic rings. The first-order valence-electron chi connectivity index (χ1n) is 5.29. The fraction of sp³-hybridized carbons (Fsp3) is 0.364. The molecule has 0 unspecified atom stereocenters. The van der Waals surface area contributed by atoms with E-state index in [1.54, 1.807) is 0 Å². The van der Waals surface area contributed by atoms with Crippen molar-refractivity contribution in [3.8, 4) is 0 Å². The van der Waals surface area contributed by atoms with Gasteiger partial charge in [-0.15, -0.1) is 0 Å². The fourth-order valence-electron chi connectivity index (χ4n) is 1.39. The third-order valence-electron chi connectivity index (χ3n) is 2.29. The molecule has 1 rings (SSSR count). The van der Waals surface area contributed by atoms with Gasteiger partial charge in [0.2, 0.25) is 5.91 Å². The summed E-state index contributed by atoms with van der Waals surface area (Å²) >= 11 is 0. The summed E-state index contributed by atoms with van der Waals surface area (Å²) in [5.74, 6) is -0.419. The van der Waals surface area contributed by atoms with E-state index in [1.807, 2.05) is 0 Å². The fourth-order valence-corrected chi connectivity index (χ4v) is 1.39. The summed E-state index contributed by atoms with van der Waals surface area (Å²) in [6.07, 6.45) is -3.69. The Balaban J connectivity index is 2.60. The first-order valence-corrected chi connectivity index (χ1v) is 5.29. The van der Waals surface area contributed by atoms with Crippen molar-refractivity contribution in [3.05, 3.63) is 23.8 Å². The van der Waals surface area contributed by atoms with Crippen LogP contribution in [0.1, 0.15) is 18.4 Å². The summed E-state index contributed by atoms with van der Waals surface area (Å²) in [6.45, 7) is 0.415. The molecule has 0 aliphatic carbocycles. The molecule has 1 aromatic rings. The molecule has 4 nitrogen and oxygen atoms in total. The molecule has 1 aromatic carbocycles. The lowest BCUT2D eigenvalue weighted by molar-refractivity contribution is -0.137. The van der Waals surface area contributed by atoms with Crippen molar-refractivity contribution in [1.82, 2.24) is 0 Å². The van der Waals surface area contributed by atoms with Gasteiger partial charge >= 0.3 is 6.18 Å². The molecule has 5 N–H and O–H groups in total. The van der Waals surface area contributed by atoms with E-state index < -0.39 is 17.6 Å². The summed E-state index contributed by atoms with van der Waals surface area (Å²) in [5, 5.41) is 2.85. The molecule has 0 radical (unpaired) electrons. The van der Waals surface area contributed by atoms with Crippen molar-refractivity contribution < 1.29 is 18.0 Å². The zero-order chi connectivity index (χ0) is 13.8. The zero-order valence-corrected chi connectivity index (χ0v) is 9.55. The molecular weight excluding hydrogens is 247 g/mol. The maximum Gasteiger partial charge on any atom is 0.416 e. The SMILES string of the molecule is NC(=O)CCCNc1ccc(C(F)(F)F)cc1N. The number of benzene rings is 1. The Morgan fingerprint density at radius 2 is 2.00 bits per heavy atom. The van der Waals surface area contributed by atoms with Crippen LogP contribution >= 0.6 is 0 Å². The van der Waals surface area contributed by atoms with Gasteiger partial charge in [0, 0.05) is 13.0 Å². The first-order chi connectivity index (χ1) is 8.30. The summed E-state index contributed by atoms with van der Waals surface area (Å²) in [7, 11) is 0. The molecule has 1 amide bonds. The number of amides is 1. The molecule has 7 heteroatoms. The third kappa shape index (κ3) is 4.15. The first kappa shape index (κ1) is 14.1. The predicted octanol–water partition coefficient (Wildman–Crippen LogP) is 1.96. The van der Waals surface area contributed by atoms with Gasteiger partial charge in [-0.2, -0.15) is 13.2 Å². The second-order valence-electron chi connectivity index (χ2n) is 3.80. The van der Waals surface area contributed by atoms with Gasteiger partial charge in [-0.1, -0.05) is 0 Å². The topological polar surface area (TPSA) is 81.1 Å². The largest absolute Gasteiger partial charge is 0.416 e. The number of nitrogens with one attached hydrogen (secondary N) is 1. The van der Waals surface area contributed by atoms with Crippen molar-refractivity contribution in [2.45, 2.75) is 19.0 Å².